The number of esters is 1. The second kappa shape index (κ2) is 6.73. The van der Waals surface area contributed by atoms with Crippen LogP contribution in [0.1, 0.15) is 43.2 Å². The third kappa shape index (κ3) is 3.75. The van der Waals surface area contributed by atoms with Crippen LogP contribution in [-0.4, -0.2) is 24.4 Å². The van der Waals surface area contributed by atoms with Gasteiger partial charge in [-0.25, -0.2) is 13.4 Å². The van der Waals surface area contributed by atoms with Gasteiger partial charge in [-0.1, -0.05) is 17.7 Å². The number of sulfone groups is 1. The van der Waals surface area contributed by atoms with Crippen molar-refractivity contribution < 1.29 is 17.9 Å². The maximum absolute atomic E-state index is 13.1. The van der Waals surface area contributed by atoms with Crippen LogP contribution in [0.15, 0.2) is 30.6 Å². The summed E-state index contributed by atoms with van der Waals surface area (Å²) in [5, 5.41) is 0.247. The number of halogens is 1. The Hall–Kier alpha value is -2.25. The highest BCUT2D eigenvalue weighted by Gasteiger charge is 2.37. The predicted octanol–water partition coefficient (Wildman–Crippen LogP) is 3.78. The van der Waals surface area contributed by atoms with Crippen LogP contribution in [0.3, 0.4) is 0 Å². The first-order chi connectivity index (χ1) is 12.5. The van der Waals surface area contributed by atoms with E-state index in [-0.39, 0.29) is 21.6 Å². The Morgan fingerprint density at radius 2 is 1.96 bits per heavy atom. The molecule has 0 fully saturated rings. The van der Waals surface area contributed by atoms with Crippen molar-refractivity contribution in [2.75, 3.05) is 0 Å². The second-order valence-corrected chi connectivity index (χ2v) is 9.70. The monoisotopic (exact) mass is 406 g/mol. The molecule has 3 rings (SSSR count). The van der Waals surface area contributed by atoms with Gasteiger partial charge in [0.1, 0.15) is 15.8 Å². The third-order valence-corrected chi connectivity index (χ3v) is 6.02. The number of pyridine rings is 2. The van der Waals surface area contributed by atoms with E-state index >= 15 is 0 Å². The minimum atomic E-state index is -3.79. The molecule has 0 unspecified atom stereocenters. The van der Waals surface area contributed by atoms with E-state index < -0.39 is 21.2 Å². The summed E-state index contributed by atoms with van der Waals surface area (Å²) >= 11 is 5.91. The normalized spacial score (nSPS) is 16.0. The number of ether oxygens (including phenoxy) is 1. The maximum Gasteiger partial charge on any atom is 0.316 e. The van der Waals surface area contributed by atoms with E-state index in [1.807, 2.05) is 0 Å². The van der Waals surface area contributed by atoms with Crippen molar-refractivity contribution in [3.05, 3.63) is 58.1 Å². The third-order valence-electron chi connectivity index (χ3n) is 4.10. The lowest BCUT2D eigenvalue weighted by Gasteiger charge is -2.25. The van der Waals surface area contributed by atoms with Gasteiger partial charge in [-0.05, 0) is 51.0 Å². The molecule has 0 spiro atoms. The molecule has 3 heterocycles. The largest absolute Gasteiger partial charge is 0.422 e. The van der Waals surface area contributed by atoms with Crippen LogP contribution in [0.4, 0.5) is 0 Å². The minimum absolute atomic E-state index is 0.0657. The number of carbonyl (C=O) groups is 1. The molecular weight excluding hydrogens is 388 g/mol. The first-order valence-corrected chi connectivity index (χ1v) is 10.3. The van der Waals surface area contributed by atoms with Crippen LogP contribution in [0.25, 0.3) is 10.7 Å². The molecule has 2 aromatic heterocycles. The highest BCUT2D eigenvalue weighted by Crippen LogP contribution is 2.41. The van der Waals surface area contributed by atoms with Gasteiger partial charge in [0.05, 0.1) is 11.2 Å². The van der Waals surface area contributed by atoms with Gasteiger partial charge in [0, 0.05) is 18.0 Å². The molecule has 0 saturated carbocycles. The fourth-order valence-electron chi connectivity index (χ4n) is 2.67. The van der Waals surface area contributed by atoms with E-state index in [1.165, 1.54) is 12.4 Å². The van der Waals surface area contributed by atoms with Crippen LogP contribution in [0, 0.1) is 12.3 Å². The number of nitrogens with zero attached hydrogens (tertiary/aromatic N) is 2. The van der Waals surface area contributed by atoms with Crippen LogP contribution in [0.5, 0.6) is 0 Å². The topological polar surface area (TPSA) is 86.2 Å². The highest BCUT2D eigenvalue weighted by atomic mass is 35.5. The SMILES string of the molecule is Cc1cc(Cl)ncc1C1=C(OC(=O)C(C)(C)C)c2ncccc2CS1(=O)=O. The molecule has 6 nitrogen and oxygen atoms in total. The lowest BCUT2D eigenvalue weighted by atomic mass is 9.97. The summed E-state index contributed by atoms with van der Waals surface area (Å²) in [5.41, 5.74) is 0.957. The standard InChI is InChI=1S/C19H19ClN2O4S/c1-11-8-14(20)22-9-13(11)17-16(26-18(23)19(2,3)4)15-12(6-5-7-21-15)10-27(17,24)25/h5-9H,10H2,1-4H3. The van der Waals surface area contributed by atoms with Gasteiger partial charge in [-0.3, -0.25) is 9.78 Å². The molecule has 0 atom stereocenters. The zero-order valence-corrected chi connectivity index (χ0v) is 17.0. The second-order valence-electron chi connectivity index (χ2n) is 7.39. The van der Waals surface area contributed by atoms with E-state index in [2.05, 4.69) is 9.97 Å². The average Bonchev–Trinajstić information content (AvgIpc) is 2.54. The average molecular weight is 407 g/mol. The van der Waals surface area contributed by atoms with Crippen LogP contribution >= 0.6 is 11.6 Å². The molecule has 8 heteroatoms. The summed E-state index contributed by atoms with van der Waals surface area (Å²) < 4.78 is 31.8. The van der Waals surface area contributed by atoms with Gasteiger partial charge in [-0.15, -0.1) is 0 Å². The van der Waals surface area contributed by atoms with E-state index in [1.54, 1.807) is 45.9 Å². The van der Waals surface area contributed by atoms with Gasteiger partial charge < -0.3 is 4.74 Å². The molecule has 0 N–H and O–H groups in total. The number of fused-ring (bicyclic) bond motifs is 1. The Kier molecular flexibility index (Phi) is 4.86. The van der Waals surface area contributed by atoms with E-state index in [0.717, 1.165) is 0 Å². The zero-order chi connectivity index (χ0) is 20.0. The molecule has 0 radical (unpaired) electrons. The molecule has 1 aliphatic heterocycles. The summed E-state index contributed by atoms with van der Waals surface area (Å²) in [6, 6.07) is 4.88. The number of aromatic nitrogens is 2. The van der Waals surface area contributed by atoms with E-state index in [9.17, 15) is 13.2 Å². The maximum atomic E-state index is 13.1. The molecule has 0 bridgehead atoms. The smallest absolute Gasteiger partial charge is 0.316 e. The fourth-order valence-corrected chi connectivity index (χ4v) is 4.64. The number of hydrogen-bond donors (Lipinski definition) is 0. The summed E-state index contributed by atoms with van der Waals surface area (Å²) in [4.78, 5) is 20.7. The first kappa shape index (κ1) is 19.5. The summed E-state index contributed by atoms with van der Waals surface area (Å²) in [6.45, 7) is 6.81. The van der Waals surface area contributed by atoms with Crippen LogP contribution in [-0.2, 0) is 25.1 Å². The lowest BCUT2D eigenvalue weighted by molar-refractivity contribution is -0.145. The molecule has 0 amide bonds. The summed E-state index contributed by atoms with van der Waals surface area (Å²) in [5.74, 6) is -0.850. The minimum Gasteiger partial charge on any atom is -0.422 e. The Balaban J connectivity index is 2.34. The van der Waals surface area contributed by atoms with Crippen molar-refractivity contribution >= 4 is 38.1 Å². The van der Waals surface area contributed by atoms with Gasteiger partial charge >= 0.3 is 5.97 Å². The van der Waals surface area contributed by atoms with Crippen molar-refractivity contribution in [2.24, 2.45) is 5.41 Å². The predicted molar refractivity (Wildman–Crippen MR) is 103 cm³/mol. The first-order valence-electron chi connectivity index (χ1n) is 8.27. The Labute approximate surface area is 163 Å². The Morgan fingerprint density at radius 3 is 2.59 bits per heavy atom. The zero-order valence-electron chi connectivity index (χ0n) is 15.4. The fraction of sp³-hybridized carbons (Fsp3) is 0.316. The van der Waals surface area contributed by atoms with Crippen LogP contribution in [0.2, 0.25) is 5.15 Å². The van der Waals surface area contributed by atoms with E-state index in [0.29, 0.717) is 22.4 Å². The van der Waals surface area contributed by atoms with Gasteiger partial charge in [0.2, 0.25) is 0 Å². The van der Waals surface area contributed by atoms with Crippen molar-refractivity contribution in [2.45, 2.75) is 33.4 Å². The molecular formula is C19H19ClN2O4S. The Morgan fingerprint density at radius 1 is 1.26 bits per heavy atom. The number of rotatable bonds is 2. The quantitative estimate of drug-likeness (QED) is 0.557. The molecule has 0 aliphatic carbocycles. The van der Waals surface area contributed by atoms with E-state index in [4.69, 9.17) is 16.3 Å². The number of hydrogen-bond acceptors (Lipinski definition) is 6. The molecule has 2 aromatic rings. The molecule has 1 aliphatic rings. The summed E-state index contributed by atoms with van der Waals surface area (Å²) in [7, 11) is -3.79. The van der Waals surface area contributed by atoms with Crippen molar-refractivity contribution in [1.29, 1.82) is 0 Å². The molecule has 0 saturated heterocycles. The van der Waals surface area contributed by atoms with Crippen molar-refractivity contribution in [3.8, 4) is 0 Å². The molecule has 142 valence electrons. The number of aryl methyl sites for hydroxylation is 1. The van der Waals surface area contributed by atoms with Gasteiger partial charge in [0.25, 0.3) is 0 Å². The Bertz CT molecular complexity index is 1070. The van der Waals surface area contributed by atoms with Gasteiger partial charge in [0.15, 0.2) is 15.6 Å². The van der Waals surface area contributed by atoms with Gasteiger partial charge in [-0.2, -0.15) is 0 Å². The lowest BCUT2D eigenvalue weighted by Crippen LogP contribution is -2.26. The highest BCUT2D eigenvalue weighted by molar-refractivity contribution is 8.00. The summed E-state index contributed by atoms with van der Waals surface area (Å²) in [6.07, 6.45) is 2.91. The van der Waals surface area contributed by atoms with Crippen molar-refractivity contribution in [1.82, 2.24) is 9.97 Å². The molecule has 27 heavy (non-hydrogen) atoms. The van der Waals surface area contributed by atoms with Crippen molar-refractivity contribution in [3.63, 3.8) is 0 Å². The molecule has 0 aromatic carbocycles. The van der Waals surface area contributed by atoms with Crippen LogP contribution < -0.4 is 0 Å². The number of carbonyl (C=O) groups excluding carboxylic acids is 1.